The standard InChI is InChI=1S/C21H20N2O2/c1-15-14-17-7-3-5-9-19(17)23(15)21(25)11-10-20(24)22-13-12-16-6-2-4-8-18(16)22/h2-9,12-13,15H,10-11,14H2,1H3. The van der Waals surface area contributed by atoms with Gasteiger partial charge in [-0.25, -0.2) is 0 Å². The summed E-state index contributed by atoms with van der Waals surface area (Å²) in [5, 5.41) is 1.03. The average molecular weight is 332 g/mol. The summed E-state index contributed by atoms with van der Waals surface area (Å²) in [5.41, 5.74) is 3.07. The van der Waals surface area contributed by atoms with Crippen molar-refractivity contribution in [3.63, 3.8) is 0 Å². The van der Waals surface area contributed by atoms with E-state index in [0.717, 1.165) is 23.0 Å². The van der Waals surface area contributed by atoms with Gasteiger partial charge in [0, 0.05) is 36.2 Å². The molecule has 1 unspecified atom stereocenters. The van der Waals surface area contributed by atoms with Crippen LogP contribution < -0.4 is 4.90 Å². The van der Waals surface area contributed by atoms with Gasteiger partial charge in [0.1, 0.15) is 0 Å². The van der Waals surface area contributed by atoms with Gasteiger partial charge in [0.15, 0.2) is 0 Å². The molecule has 4 nitrogen and oxygen atoms in total. The van der Waals surface area contributed by atoms with Crippen LogP contribution in [0.1, 0.15) is 30.1 Å². The molecular formula is C21H20N2O2. The van der Waals surface area contributed by atoms with Gasteiger partial charge in [-0.3, -0.25) is 14.2 Å². The first-order valence-corrected chi connectivity index (χ1v) is 8.64. The van der Waals surface area contributed by atoms with E-state index in [0.29, 0.717) is 0 Å². The maximum absolute atomic E-state index is 12.7. The van der Waals surface area contributed by atoms with Crippen molar-refractivity contribution >= 4 is 28.4 Å². The lowest BCUT2D eigenvalue weighted by atomic mass is 10.1. The summed E-state index contributed by atoms with van der Waals surface area (Å²) >= 11 is 0. The van der Waals surface area contributed by atoms with E-state index >= 15 is 0 Å². The van der Waals surface area contributed by atoms with Gasteiger partial charge < -0.3 is 4.90 Å². The van der Waals surface area contributed by atoms with Gasteiger partial charge in [0.25, 0.3) is 0 Å². The fraction of sp³-hybridized carbons (Fsp3) is 0.238. The Bertz CT molecular complexity index is 957. The SMILES string of the molecule is CC1Cc2ccccc2N1C(=O)CCC(=O)n1ccc2ccccc21. The number of hydrogen-bond acceptors (Lipinski definition) is 2. The molecule has 2 heterocycles. The molecule has 0 N–H and O–H groups in total. The van der Waals surface area contributed by atoms with Crippen LogP contribution in [0.2, 0.25) is 0 Å². The van der Waals surface area contributed by atoms with E-state index in [9.17, 15) is 9.59 Å². The Balaban J connectivity index is 1.48. The second-order valence-corrected chi connectivity index (χ2v) is 6.58. The van der Waals surface area contributed by atoms with Crippen LogP contribution in [0.15, 0.2) is 60.8 Å². The first kappa shape index (κ1) is 15.6. The molecule has 1 amide bonds. The number of anilines is 1. The molecular weight excluding hydrogens is 312 g/mol. The molecule has 2 aromatic carbocycles. The number of aromatic nitrogens is 1. The molecule has 1 aliphatic heterocycles. The van der Waals surface area contributed by atoms with Crippen molar-refractivity contribution in [3.05, 3.63) is 66.4 Å². The lowest BCUT2D eigenvalue weighted by molar-refractivity contribution is -0.118. The molecule has 25 heavy (non-hydrogen) atoms. The summed E-state index contributed by atoms with van der Waals surface area (Å²) in [6, 6.07) is 17.8. The second kappa shape index (κ2) is 6.20. The number of hydrogen-bond donors (Lipinski definition) is 0. The molecule has 1 aliphatic rings. The monoisotopic (exact) mass is 332 g/mol. The first-order chi connectivity index (χ1) is 12.1. The van der Waals surface area contributed by atoms with Gasteiger partial charge in [-0.2, -0.15) is 0 Å². The molecule has 0 saturated heterocycles. The predicted molar refractivity (Wildman–Crippen MR) is 98.9 cm³/mol. The Kier molecular flexibility index (Phi) is 3.88. The maximum atomic E-state index is 12.7. The van der Waals surface area contributed by atoms with E-state index < -0.39 is 0 Å². The number of carbonyl (C=O) groups is 2. The van der Waals surface area contributed by atoms with Crippen LogP contribution in [0.3, 0.4) is 0 Å². The number of nitrogens with zero attached hydrogens (tertiary/aromatic N) is 2. The zero-order valence-corrected chi connectivity index (χ0v) is 14.2. The molecule has 4 rings (SSSR count). The third-order valence-corrected chi connectivity index (χ3v) is 4.90. The van der Waals surface area contributed by atoms with E-state index in [-0.39, 0.29) is 30.7 Å². The van der Waals surface area contributed by atoms with Crippen molar-refractivity contribution < 1.29 is 9.59 Å². The molecule has 0 bridgehead atoms. The van der Waals surface area contributed by atoms with Crippen LogP contribution in [0.25, 0.3) is 10.9 Å². The minimum absolute atomic E-state index is 0.0160. The summed E-state index contributed by atoms with van der Waals surface area (Å²) in [4.78, 5) is 27.1. The van der Waals surface area contributed by atoms with E-state index in [1.54, 1.807) is 10.8 Å². The fourth-order valence-corrected chi connectivity index (χ4v) is 3.70. The third-order valence-electron chi connectivity index (χ3n) is 4.90. The summed E-state index contributed by atoms with van der Waals surface area (Å²) in [6.07, 6.45) is 3.09. The third kappa shape index (κ3) is 2.74. The van der Waals surface area contributed by atoms with Crippen molar-refractivity contribution in [3.8, 4) is 0 Å². The van der Waals surface area contributed by atoms with E-state index in [4.69, 9.17) is 0 Å². The Morgan fingerprint density at radius 3 is 2.56 bits per heavy atom. The number of benzene rings is 2. The molecule has 4 heteroatoms. The molecule has 3 aromatic rings. The molecule has 0 saturated carbocycles. The largest absolute Gasteiger partial charge is 0.309 e. The van der Waals surface area contributed by atoms with Gasteiger partial charge in [0.2, 0.25) is 11.8 Å². The highest BCUT2D eigenvalue weighted by Crippen LogP contribution is 2.32. The van der Waals surface area contributed by atoms with Crippen molar-refractivity contribution in [1.29, 1.82) is 0 Å². The zero-order chi connectivity index (χ0) is 17.4. The van der Waals surface area contributed by atoms with Crippen molar-refractivity contribution in [2.45, 2.75) is 32.2 Å². The van der Waals surface area contributed by atoms with Crippen LogP contribution in [0, 0.1) is 0 Å². The highest BCUT2D eigenvalue weighted by atomic mass is 16.2. The minimum Gasteiger partial charge on any atom is -0.309 e. The van der Waals surface area contributed by atoms with Crippen LogP contribution in [-0.4, -0.2) is 22.4 Å². The quantitative estimate of drug-likeness (QED) is 0.726. The number of amides is 1. The molecule has 1 atom stereocenters. The molecule has 0 spiro atoms. The van der Waals surface area contributed by atoms with Gasteiger partial charge >= 0.3 is 0 Å². The van der Waals surface area contributed by atoms with E-state index in [1.807, 2.05) is 53.4 Å². The highest BCUT2D eigenvalue weighted by Gasteiger charge is 2.30. The summed E-state index contributed by atoms with van der Waals surface area (Å²) < 4.78 is 1.64. The Labute approximate surface area is 146 Å². The van der Waals surface area contributed by atoms with E-state index in [1.165, 1.54) is 5.56 Å². The number of carbonyl (C=O) groups excluding carboxylic acids is 2. The molecule has 0 radical (unpaired) electrons. The highest BCUT2D eigenvalue weighted by molar-refractivity contribution is 5.99. The van der Waals surface area contributed by atoms with Crippen LogP contribution >= 0.6 is 0 Å². The Morgan fingerprint density at radius 1 is 0.960 bits per heavy atom. The average Bonchev–Trinajstić information content (AvgIpc) is 3.19. The zero-order valence-electron chi connectivity index (χ0n) is 14.2. The molecule has 0 aliphatic carbocycles. The lowest BCUT2D eigenvalue weighted by Crippen LogP contribution is -2.36. The number of para-hydroxylation sites is 2. The van der Waals surface area contributed by atoms with Crippen LogP contribution in [0.4, 0.5) is 5.69 Å². The van der Waals surface area contributed by atoms with Gasteiger partial charge in [-0.1, -0.05) is 36.4 Å². The summed E-state index contributed by atoms with van der Waals surface area (Å²) in [7, 11) is 0. The van der Waals surface area contributed by atoms with Gasteiger partial charge in [-0.05, 0) is 37.1 Å². The van der Waals surface area contributed by atoms with Gasteiger partial charge in [0.05, 0.1) is 5.52 Å². The van der Waals surface area contributed by atoms with Crippen molar-refractivity contribution in [1.82, 2.24) is 4.57 Å². The second-order valence-electron chi connectivity index (χ2n) is 6.58. The lowest BCUT2D eigenvalue weighted by Gasteiger charge is -2.22. The molecule has 1 aromatic heterocycles. The topological polar surface area (TPSA) is 42.3 Å². The maximum Gasteiger partial charge on any atom is 0.231 e. The van der Waals surface area contributed by atoms with E-state index in [2.05, 4.69) is 13.0 Å². The molecule has 126 valence electrons. The smallest absolute Gasteiger partial charge is 0.231 e. The normalized spacial score (nSPS) is 16.2. The number of fused-ring (bicyclic) bond motifs is 2. The predicted octanol–water partition coefficient (Wildman–Crippen LogP) is 4.04. The van der Waals surface area contributed by atoms with Crippen molar-refractivity contribution in [2.24, 2.45) is 0 Å². The fourth-order valence-electron chi connectivity index (χ4n) is 3.70. The van der Waals surface area contributed by atoms with Crippen molar-refractivity contribution in [2.75, 3.05) is 4.90 Å². The Hall–Kier alpha value is -2.88. The Morgan fingerprint density at radius 2 is 1.68 bits per heavy atom. The summed E-state index contributed by atoms with van der Waals surface area (Å²) in [5.74, 6) is -0.0306. The first-order valence-electron chi connectivity index (χ1n) is 8.64. The summed E-state index contributed by atoms with van der Waals surface area (Å²) in [6.45, 7) is 2.05. The van der Waals surface area contributed by atoms with Crippen LogP contribution in [-0.2, 0) is 11.2 Å². The van der Waals surface area contributed by atoms with Gasteiger partial charge in [-0.15, -0.1) is 0 Å². The minimum atomic E-state index is -0.0466. The molecule has 0 fully saturated rings. The van der Waals surface area contributed by atoms with Crippen LogP contribution in [0.5, 0.6) is 0 Å². The number of rotatable bonds is 3.